The summed E-state index contributed by atoms with van der Waals surface area (Å²) >= 11 is 0. The van der Waals surface area contributed by atoms with Gasteiger partial charge in [0, 0.05) is 11.9 Å². The first-order valence-electron chi connectivity index (χ1n) is 8.22. The van der Waals surface area contributed by atoms with Gasteiger partial charge in [-0.2, -0.15) is 0 Å². The lowest BCUT2D eigenvalue weighted by molar-refractivity contribution is -0.122. The minimum absolute atomic E-state index is 0.0517. The van der Waals surface area contributed by atoms with Crippen LogP contribution in [0.1, 0.15) is 48.9 Å². The molecular formula is C19H20N2O2. The molecule has 0 spiro atoms. The van der Waals surface area contributed by atoms with E-state index in [9.17, 15) is 9.59 Å². The van der Waals surface area contributed by atoms with E-state index in [1.54, 1.807) is 0 Å². The van der Waals surface area contributed by atoms with Gasteiger partial charge >= 0.3 is 0 Å². The Morgan fingerprint density at radius 1 is 1.09 bits per heavy atom. The Hall–Kier alpha value is -2.36. The number of hydrogen-bond donors (Lipinski definition) is 1. The number of aromatic amines is 1. The summed E-state index contributed by atoms with van der Waals surface area (Å²) in [5.74, 6) is -0.237. The Bertz CT molecular complexity index is 773. The minimum Gasteiger partial charge on any atom is -0.365 e. The van der Waals surface area contributed by atoms with Crippen molar-refractivity contribution in [1.82, 2.24) is 4.98 Å². The predicted octanol–water partition coefficient (Wildman–Crippen LogP) is 3.36. The number of carbonyl (C=O) groups is 2. The molecular weight excluding hydrogens is 288 g/mol. The van der Waals surface area contributed by atoms with Gasteiger partial charge in [-0.1, -0.05) is 26.0 Å². The molecule has 1 fully saturated rings. The van der Waals surface area contributed by atoms with Crippen LogP contribution in [0.4, 0.5) is 5.69 Å². The Labute approximate surface area is 135 Å². The Balaban J connectivity index is 1.71. The molecule has 118 valence electrons. The Kier molecular flexibility index (Phi) is 3.15. The van der Waals surface area contributed by atoms with Gasteiger partial charge in [-0.05, 0) is 48.1 Å². The average molecular weight is 308 g/mol. The molecule has 1 aliphatic carbocycles. The molecule has 2 aliphatic rings. The fourth-order valence-electron chi connectivity index (χ4n) is 3.85. The molecule has 0 bridgehead atoms. The monoisotopic (exact) mass is 308 g/mol. The normalized spacial score (nSPS) is 23.3. The lowest BCUT2D eigenvalue weighted by atomic mass is 9.79. The number of nitrogens with one attached hydrogen (secondary N) is 1. The highest BCUT2D eigenvalue weighted by atomic mass is 16.2. The SMILES string of the molecule is CC(C)c1ccc(N2C(=O)[C@H]3CCc4[nH]ccc4[C@H]3C2=O)cc1. The van der Waals surface area contributed by atoms with Gasteiger partial charge in [-0.15, -0.1) is 0 Å². The van der Waals surface area contributed by atoms with Crippen molar-refractivity contribution in [2.24, 2.45) is 5.92 Å². The van der Waals surface area contributed by atoms with E-state index in [-0.39, 0.29) is 23.7 Å². The molecule has 1 aromatic carbocycles. The second kappa shape index (κ2) is 5.08. The zero-order valence-corrected chi connectivity index (χ0v) is 13.4. The van der Waals surface area contributed by atoms with Gasteiger partial charge < -0.3 is 4.98 Å². The number of amides is 2. The first-order valence-corrected chi connectivity index (χ1v) is 8.22. The van der Waals surface area contributed by atoms with Crippen LogP contribution in [0.25, 0.3) is 0 Å². The second-order valence-electron chi connectivity index (χ2n) is 6.79. The summed E-state index contributed by atoms with van der Waals surface area (Å²) in [5.41, 5.74) is 4.00. The number of aromatic nitrogens is 1. The molecule has 0 unspecified atom stereocenters. The lowest BCUT2D eigenvalue weighted by Gasteiger charge is -2.21. The first kappa shape index (κ1) is 14.2. The number of hydrogen-bond acceptors (Lipinski definition) is 2. The van der Waals surface area contributed by atoms with Crippen LogP contribution in [0.5, 0.6) is 0 Å². The number of imide groups is 1. The van der Waals surface area contributed by atoms with Crippen molar-refractivity contribution in [1.29, 1.82) is 0 Å². The number of rotatable bonds is 2. The summed E-state index contributed by atoms with van der Waals surface area (Å²) in [6.07, 6.45) is 3.44. The first-order chi connectivity index (χ1) is 11.1. The van der Waals surface area contributed by atoms with Crippen LogP contribution < -0.4 is 4.90 Å². The smallest absolute Gasteiger partial charge is 0.242 e. The maximum atomic E-state index is 12.9. The van der Waals surface area contributed by atoms with Crippen LogP contribution in [0.2, 0.25) is 0 Å². The molecule has 1 aliphatic heterocycles. The molecule has 0 radical (unpaired) electrons. The molecule has 4 heteroatoms. The highest BCUT2D eigenvalue weighted by Gasteiger charge is 2.51. The molecule has 4 rings (SSSR count). The molecule has 1 N–H and O–H groups in total. The summed E-state index contributed by atoms with van der Waals surface area (Å²) in [4.78, 5) is 30.3. The van der Waals surface area contributed by atoms with E-state index < -0.39 is 0 Å². The van der Waals surface area contributed by atoms with E-state index in [1.807, 2.05) is 36.5 Å². The van der Waals surface area contributed by atoms with Crippen LogP contribution in [0, 0.1) is 5.92 Å². The number of carbonyl (C=O) groups excluding carboxylic acids is 2. The standard InChI is InChI=1S/C19H20N2O2/c1-11(2)12-3-5-13(6-4-12)21-18(22)15-7-8-16-14(9-10-20-16)17(15)19(21)23/h3-6,9-11,15,17,20H,7-8H2,1-2H3/t15-,17+/m0/s1. The van der Waals surface area contributed by atoms with Crippen molar-refractivity contribution in [3.05, 3.63) is 53.3 Å². The van der Waals surface area contributed by atoms with Crippen LogP contribution >= 0.6 is 0 Å². The number of nitrogens with zero attached hydrogens (tertiary/aromatic N) is 1. The average Bonchev–Trinajstić information content (AvgIpc) is 3.11. The fraction of sp³-hybridized carbons (Fsp3) is 0.368. The van der Waals surface area contributed by atoms with Crippen LogP contribution in [0.3, 0.4) is 0 Å². The third kappa shape index (κ3) is 2.05. The molecule has 2 amide bonds. The summed E-state index contributed by atoms with van der Waals surface area (Å²) in [7, 11) is 0. The van der Waals surface area contributed by atoms with Crippen molar-refractivity contribution in [3.63, 3.8) is 0 Å². The van der Waals surface area contributed by atoms with Crippen molar-refractivity contribution in [2.45, 2.75) is 38.5 Å². The van der Waals surface area contributed by atoms with Crippen molar-refractivity contribution in [3.8, 4) is 0 Å². The van der Waals surface area contributed by atoms with Crippen LogP contribution in [-0.4, -0.2) is 16.8 Å². The topological polar surface area (TPSA) is 53.2 Å². The van der Waals surface area contributed by atoms with Crippen LogP contribution in [-0.2, 0) is 16.0 Å². The van der Waals surface area contributed by atoms with E-state index in [0.717, 1.165) is 24.1 Å². The molecule has 23 heavy (non-hydrogen) atoms. The van der Waals surface area contributed by atoms with E-state index in [4.69, 9.17) is 0 Å². The van der Waals surface area contributed by atoms with Gasteiger partial charge in [0.1, 0.15) is 0 Å². The van der Waals surface area contributed by atoms with Gasteiger partial charge in [-0.3, -0.25) is 9.59 Å². The number of anilines is 1. The molecule has 2 aromatic rings. The maximum Gasteiger partial charge on any atom is 0.242 e. The van der Waals surface area contributed by atoms with E-state index >= 15 is 0 Å². The summed E-state index contributed by atoms with van der Waals surface area (Å²) < 4.78 is 0. The van der Waals surface area contributed by atoms with E-state index in [1.165, 1.54) is 10.5 Å². The molecule has 4 nitrogen and oxygen atoms in total. The minimum atomic E-state index is -0.317. The number of fused-ring (bicyclic) bond motifs is 3. The van der Waals surface area contributed by atoms with Gasteiger partial charge in [0.2, 0.25) is 11.8 Å². The third-order valence-corrected chi connectivity index (χ3v) is 5.15. The van der Waals surface area contributed by atoms with Crippen molar-refractivity contribution < 1.29 is 9.59 Å². The fourth-order valence-corrected chi connectivity index (χ4v) is 3.85. The number of aryl methyl sites for hydroxylation is 1. The number of benzene rings is 1. The van der Waals surface area contributed by atoms with Crippen molar-refractivity contribution in [2.75, 3.05) is 4.90 Å². The van der Waals surface area contributed by atoms with Gasteiger partial charge in [-0.25, -0.2) is 4.90 Å². The molecule has 2 heterocycles. The second-order valence-corrected chi connectivity index (χ2v) is 6.79. The van der Waals surface area contributed by atoms with E-state index in [0.29, 0.717) is 11.6 Å². The van der Waals surface area contributed by atoms with E-state index in [2.05, 4.69) is 18.8 Å². The van der Waals surface area contributed by atoms with Gasteiger partial charge in [0.15, 0.2) is 0 Å². The molecule has 1 aromatic heterocycles. The zero-order valence-electron chi connectivity index (χ0n) is 13.4. The molecule has 2 atom stereocenters. The zero-order chi connectivity index (χ0) is 16.1. The third-order valence-electron chi connectivity index (χ3n) is 5.15. The number of H-pyrrole nitrogens is 1. The Morgan fingerprint density at radius 3 is 2.52 bits per heavy atom. The molecule has 1 saturated heterocycles. The Morgan fingerprint density at radius 2 is 1.83 bits per heavy atom. The predicted molar refractivity (Wildman–Crippen MR) is 88.4 cm³/mol. The summed E-state index contributed by atoms with van der Waals surface area (Å²) in [6, 6.07) is 9.73. The maximum absolute atomic E-state index is 12.9. The summed E-state index contributed by atoms with van der Waals surface area (Å²) in [6.45, 7) is 4.26. The van der Waals surface area contributed by atoms with Gasteiger partial charge in [0.05, 0.1) is 17.5 Å². The van der Waals surface area contributed by atoms with Crippen molar-refractivity contribution >= 4 is 17.5 Å². The highest BCUT2D eigenvalue weighted by molar-refractivity contribution is 6.24. The quantitative estimate of drug-likeness (QED) is 0.865. The molecule has 0 saturated carbocycles. The summed E-state index contributed by atoms with van der Waals surface area (Å²) in [5, 5.41) is 0. The largest absolute Gasteiger partial charge is 0.365 e. The highest BCUT2D eigenvalue weighted by Crippen LogP contribution is 2.44. The van der Waals surface area contributed by atoms with Crippen LogP contribution in [0.15, 0.2) is 36.5 Å². The van der Waals surface area contributed by atoms with Gasteiger partial charge in [0.25, 0.3) is 0 Å². The lowest BCUT2D eigenvalue weighted by Crippen LogP contribution is -2.30.